The molecule has 0 fully saturated rings. The van der Waals surface area contributed by atoms with Gasteiger partial charge in [-0.15, -0.1) is 0 Å². The van der Waals surface area contributed by atoms with Gasteiger partial charge in [0.25, 0.3) is 0 Å². The van der Waals surface area contributed by atoms with Crippen LogP contribution < -0.4 is 5.32 Å². The highest BCUT2D eigenvalue weighted by Gasteiger charge is 2.05. The predicted octanol–water partition coefficient (Wildman–Crippen LogP) is 3.87. The minimum absolute atomic E-state index is 0.293. The van der Waals surface area contributed by atoms with Gasteiger partial charge in [0.2, 0.25) is 0 Å². The number of aliphatic hydroxyl groups is 1. The van der Waals surface area contributed by atoms with Crippen molar-refractivity contribution in [2.45, 2.75) is 19.7 Å². The van der Waals surface area contributed by atoms with Crippen LogP contribution in [-0.2, 0) is 19.7 Å². The molecule has 2 N–H and O–H groups in total. The van der Waals surface area contributed by atoms with Crippen LogP contribution in [0.25, 0.3) is 11.3 Å². The molecule has 0 radical (unpaired) electrons. The second-order valence-corrected chi connectivity index (χ2v) is 5.32. The summed E-state index contributed by atoms with van der Waals surface area (Å²) in [5.41, 5.74) is 2.28. The van der Waals surface area contributed by atoms with Gasteiger partial charge >= 0.3 is 0 Å². The monoisotopic (exact) mass is 311 g/mol. The van der Waals surface area contributed by atoms with Crippen molar-refractivity contribution >= 4 is 0 Å². The summed E-state index contributed by atoms with van der Waals surface area (Å²) >= 11 is 0. The Bertz CT molecular complexity index is 768. The van der Waals surface area contributed by atoms with Crippen LogP contribution in [0.2, 0.25) is 0 Å². The van der Waals surface area contributed by atoms with Crippen molar-refractivity contribution in [2.24, 2.45) is 0 Å². The van der Waals surface area contributed by atoms with Gasteiger partial charge < -0.3 is 14.8 Å². The molecule has 3 nitrogen and oxygen atoms in total. The van der Waals surface area contributed by atoms with E-state index in [9.17, 15) is 4.39 Å². The number of halogens is 1. The Kier molecular flexibility index (Phi) is 4.86. The summed E-state index contributed by atoms with van der Waals surface area (Å²) in [5.74, 6) is 1.30. The molecule has 0 aliphatic rings. The Morgan fingerprint density at radius 2 is 1.78 bits per heavy atom. The molecule has 0 spiro atoms. The van der Waals surface area contributed by atoms with Crippen molar-refractivity contribution < 1.29 is 13.9 Å². The predicted molar refractivity (Wildman–Crippen MR) is 87.0 cm³/mol. The van der Waals surface area contributed by atoms with Gasteiger partial charge in [-0.1, -0.05) is 36.4 Å². The lowest BCUT2D eigenvalue weighted by Crippen LogP contribution is -2.12. The maximum atomic E-state index is 13.3. The minimum atomic E-state index is -0.380. The van der Waals surface area contributed by atoms with Crippen LogP contribution in [-0.4, -0.2) is 5.11 Å². The van der Waals surface area contributed by atoms with E-state index in [0.29, 0.717) is 18.7 Å². The van der Waals surface area contributed by atoms with Gasteiger partial charge in [-0.25, -0.2) is 4.39 Å². The molecule has 23 heavy (non-hydrogen) atoms. The first kappa shape index (κ1) is 15.5. The van der Waals surface area contributed by atoms with Crippen LogP contribution in [0, 0.1) is 5.82 Å². The molecule has 3 aromatic rings. The number of benzene rings is 2. The van der Waals surface area contributed by atoms with Crippen LogP contribution in [0.4, 0.5) is 4.39 Å². The topological polar surface area (TPSA) is 45.4 Å². The lowest BCUT2D eigenvalue weighted by Gasteiger charge is -2.06. The van der Waals surface area contributed by atoms with Crippen LogP contribution >= 0.6 is 0 Å². The fourth-order valence-electron chi connectivity index (χ4n) is 2.42. The smallest absolute Gasteiger partial charge is 0.134 e. The molecule has 3 rings (SSSR count). The zero-order valence-corrected chi connectivity index (χ0v) is 12.6. The molecule has 1 heterocycles. The zero-order valence-electron chi connectivity index (χ0n) is 12.6. The van der Waals surface area contributed by atoms with Gasteiger partial charge in [-0.3, -0.25) is 0 Å². The Labute approximate surface area is 134 Å². The highest BCUT2D eigenvalue weighted by atomic mass is 19.1. The number of aliphatic hydroxyl groups excluding tert-OH is 1. The van der Waals surface area contributed by atoms with Crippen LogP contribution in [0.1, 0.15) is 16.9 Å². The Balaban J connectivity index is 1.58. The molecule has 118 valence electrons. The van der Waals surface area contributed by atoms with E-state index >= 15 is 0 Å². The summed E-state index contributed by atoms with van der Waals surface area (Å²) < 4.78 is 19.1. The fourth-order valence-corrected chi connectivity index (χ4v) is 2.42. The summed E-state index contributed by atoms with van der Waals surface area (Å²) in [6, 6.07) is 18.6. The first-order valence-corrected chi connectivity index (χ1v) is 7.49. The normalized spacial score (nSPS) is 10.9. The van der Waals surface area contributed by atoms with E-state index in [4.69, 9.17) is 9.52 Å². The first-order chi connectivity index (χ1) is 11.3. The van der Waals surface area contributed by atoms with Gasteiger partial charge in [0.1, 0.15) is 17.3 Å². The Hall–Kier alpha value is -2.43. The third-order valence-corrected chi connectivity index (χ3v) is 3.63. The average molecular weight is 311 g/mol. The number of hydrogen-bond donors (Lipinski definition) is 2. The lowest BCUT2D eigenvalue weighted by atomic mass is 10.1. The summed E-state index contributed by atoms with van der Waals surface area (Å²) in [5, 5.41) is 12.3. The standard InChI is InChI=1S/C19H18FNO2/c20-18-8-6-14(10-16(18)13-22)11-21-12-17-7-9-19(23-17)15-4-2-1-3-5-15/h1-10,21-22H,11-13H2. The number of furan rings is 1. The highest BCUT2D eigenvalue weighted by molar-refractivity contribution is 5.57. The van der Waals surface area contributed by atoms with E-state index in [2.05, 4.69) is 5.32 Å². The molecular formula is C19H18FNO2. The molecule has 0 saturated carbocycles. The van der Waals surface area contributed by atoms with Gasteiger partial charge in [-0.05, 0) is 29.8 Å². The number of nitrogens with one attached hydrogen (secondary N) is 1. The number of rotatable bonds is 6. The molecule has 0 aliphatic carbocycles. The molecule has 4 heteroatoms. The van der Waals surface area contributed by atoms with E-state index in [1.54, 1.807) is 12.1 Å². The second kappa shape index (κ2) is 7.22. The maximum absolute atomic E-state index is 13.3. The largest absolute Gasteiger partial charge is 0.460 e. The molecule has 0 aliphatic heterocycles. The minimum Gasteiger partial charge on any atom is -0.460 e. The van der Waals surface area contributed by atoms with E-state index in [1.807, 2.05) is 42.5 Å². The third-order valence-electron chi connectivity index (χ3n) is 3.63. The van der Waals surface area contributed by atoms with Crippen LogP contribution in [0.15, 0.2) is 65.1 Å². The Morgan fingerprint density at radius 3 is 2.57 bits per heavy atom. The molecular weight excluding hydrogens is 293 g/mol. The SMILES string of the molecule is OCc1cc(CNCc2ccc(-c3ccccc3)o2)ccc1F. The highest BCUT2D eigenvalue weighted by Crippen LogP contribution is 2.21. The van der Waals surface area contributed by atoms with Gasteiger partial charge in [0, 0.05) is 17.7 Å². The summed E-state index contributed by atoms with van der Waals surface area (Å²) in [4.78, 5) is 0. The molecule has 0 bridgehead atoms. The van der Waals surface area contributed by atoms with Gasteiger partial charge in [-0.2, -0.15) is 0 Å². The van der Waals surface area contributed by atoms with Crippen molar-refractivity contribution in [1.29, 1.82) is 0 Å². The van der Waals surface area contributed by atoms with Crippen molar-refractivity contribution in [2.75, 3.05) is 0 Å². The van der Waals surface area contributed by atoms with Gasteiger partial charge in [0.05, 0.1) is 13.2 Å². The summed E-state index contributed by atoms with van der Waals surface area (Å²) in [6.45, 7) is 0.867. The average Bonchev–Trinajstić information content (AvgIpc) is 3.06. The van der Waals surface area contributed by atoms with Crippen molar-refractivity contribution in [3.8, 4) is 11.3 Å². The second-order valence-electron chi connectivity index (χ2n) is 5.32. The Morgan fingerprint density at radius 1 is 0.957 bits per heavy atom. The van der Waals surface area contributed by atoms with Crippen molar-refractivity contribution in [3.63, 3.8) is 0 Å². The van der Waals surface area contributed by atoms with E-state index in [1.165, 1.54) is 6.07 Å². The first-order valence-electron chi connectivity index (χ1n) is 7.49. The maximum Gasteiger partial charge on any atom is 0.134 e. The summed E-state index contributed by atoms with van der Waals surface area (Å²) in [7, 11) is 0. The molecule has 0 atom stereocenters. The van der Waals surface area contributed by atoms with Crippen LogP contribution in [0.3, 0.4) is 0 Å². The zero-order chi connectivity index (χ0) is 16.1. The molecule has 0 amide bonds. The number of hydrogen-bond acceptors (Lipinski definition) is 3. The third kappa shape index (κ3) is 3.86. The molecule has 2 aromatic carbocycles. The van der Waals surface area contributed by atoms with E-state index in [0.717, 1.165) is 22.6 Å². The fraction of sp³-hybridized carbons (Fsp3) is 0.158. The van der Waals surface area contributed by atoms with Crippen molar-refractivity contribution in [3.05, 3.63) is 83.4 Å². The van der Waals surface area contributed by atoms with Crippen molar-refractivity contribution in [1.82, 2.24) is 5.32 Å². The summed E-state index contributed by atoms with van der Waals surface area (Å²) in [6.07, 6.45) is 0. The quantitative estimate of drug-likeness (QED) is 0.726. The molecule has 0 saturated heterocycles. The van der Waals surface area contributed by atoms with E-state index < -0.39 is 0 Å². The lowest BCUT2D eigenvalue weighted by molar-refractivity contribution is 0.275. The van der Waals surface area contributed by atoms with Crippen LogP contribution in [0.5, 0.6) is 0 Å². The van der Waals surface area contributed by atoms with Gasteiger partial charge in [0.15, 0.2) is 0 Å². The van der Waals surface area contributed by atoms with E-state index in [-0.39, 0.29) is 12.4 Å². The molecule has 1 aromatic heterocycles. The molecule has 0 unspecified atom stereocenters.